The molecule has 1 aliphatic heterocycles. The Balaban J connectivity index is 1.81. The number of likely N-dealkylation sites (N-methyl/N-ethyl adjacent to an activating group) is 1. The second-order valence-electron chi connectivity index (χ2n) is 5.29. The summed E-state index contributed by atoms with van der Waals surface area (Å²) in [6, 6.07) is 0.0525. The van der Waals surface area contributed by atoms with Crippen molar-refractivity contribution in [2.45, 2.75) is 31.3 Å². The number of rotatable bonds is 5. The molecule has 0 aromatic heterocycles. The fraction of sp³-hybridized carbons (Fsp3) is 0.917. The highest BCUT2D eigenvalue weighted by atomic mass is 16.4. The van der Waals surface area contributed by atoms with E-state index in [9.17, 15) is 9.90 Å². The number of aliphatic carboxylic acids is 1. The first-order chi connectivity index (χ1) is 8.15. The fourth-order valence-electron chi connectivity index (χ4n) is 2.28. The molecule has 0 bridgehead atoms. The number of nitrogens with zero attached hydrogens (tertiary/aromatic N) is 2. The van der Waals surface area contributed by atoms with E-state index in [-0.39, 0.29) is 0 Å². The van der Waals surface area contributed by atoms with Crippen molar-refractivity contribution < 1.29 is 9.90 Å². The van der Waals surface area contributed by atoms with Gasteiger partial charge in [0.1, 0.15) is 6.04 Å². The Bertz CT molecular complexity index is 268. The van der Waals surface area contributed by atoms with Crippen LogP contribution in [0.1, 0.15) is 19.3 Å². The summed E-state index contributed by atoms with van der Waals surface area (Å²) in [5, 5.41) is 12.4. The van der Waals surface area contributed by atoms with Gasteiger partial charge in [0.05, 0.1) is 0 Å². The standard InChI is InChI=1S/C12H23N3O2/c1-14-5-2-6-15(8-7-14)9-11(12(16)17)13-10-3-4-10/h10-11,13H,2-9H2,1H3,(H,16,17). The van der Waals surface area contributed by atoms with Crippen LogP contribution in [0.4, 0.5) is 0 Å². The maximum atomic E-state index is 11.2. The largest absolute Gasteiger partial charge is 0.480 e. The monoisotopic (exact) mass is 241 g/mol. The highest BCUT2D eigenvalue weighted by Crippen LogP contribution is 2.19. The molecule has 1 saturated heterocycles. The lowest BCUT2D eigenvalue weighted by Crippen LogP contribution is -2.47. The van der Waals surface area contributed by atoms with Gasteiger partial charge in [0.25, 0.3) is 0 Å². The van der Waals surface area contributed by atoms with Gasteiger partial charge in [0, 0.05) is 25.7 Å². The lowest BCUT2D eigenvalue weighted by atomic mass is 10.2. The van der Waals surface area contributed by atoms with Gasteiger partial charge in [-0.1, -0.05) is 0 Å². The summed E-state index contributed by atoms with van der Waals surface area (Å²) in [6.45, 7) is 4.78. The summed E-state index contributed by atoms with van der Waals surface area (Å²) in [6.07, 6.45) is 3.39. The number of carboxylic acid groups (broad SMARTS) is 1. The van der Waals surface area contributed by atoms with Crippen molar-refractivity contribution in [2.75, 3.05) is 39.8 Å². The van der Waals surface area contributed by atoms with Crippen molar-refractivity contribution in [3.8, 4) is 0 Å². The van der Waals surface area contributed by atoms with Crippen molar-refractivity contribution in [2.24, 2.45) is 0 Å². The third kappa shape index (κ3) is 4.26. The van der Waals surface area contributed by atoms with Gasteiger partial charge in [0.15, 0.2) is 0 Å². The molecule has 1 atom stereocenters. The lowest BCUT2D eigenvalue weighted by molar-refractivity contribution is -0.140. The molecule has 5 nitrogen and oxygen atoms in total. The van der Waals surface area contributed by atoms with E-state index in [1.165, 1.54) is 0 Å². The van der Waals surface area contributed by atoms with Crippen LogP contribution < -0.4 is 5.32 Å². The van der Waals surface area contributed by atoms with Gasteiger partial charge in [-0.25, -0.2) is 0 Å². The Morgan fingerprint density at radius 3 is 2.76 bits per heavy atom. The van der Waals surface area contributed by atoms with E-state index in [4.69, 9.17) is 0 Å². The zero-order valence-electron chi connectivity index (χ0n) is 10.6. The summed E-state index contributed by atoms with van der Waals surface area (Å²) in [5.74, 6) is -0.713. The zero-order valence-corrected chi connectivity index (χ0v) is 10.6. The third-order valence-electron chi connectivity index (χ3n) is 3.57. The maximum absolute atomic E-state index is 11.2. The molecular formula is C12H23N3O2. The van der Waals surface area contributed by atoms with Crippen LogP contribution in [0.25, 0.3) is 0 Å². The minimum Gasteiger partial charge on any atom is -0.480 e. The SMILES string of the molecule is CN1CCCN(CC(NC2CC2)C(=O)O)CC1. The Labute approximate surface area is 103 Å². The summed E-state index contributed by atoms with van der Waals surface area (Å²) in [5.41, 5.74) is 0. The van der Waals surface area contributed by atoms with Crippen LogP contribution in [-0.4, -0.2) is 72.7 Å². The first kappa shape index (κ1) is 12.8. The van der Waals surface area contributed by atoms with Gasteiger partial charge >= 0.3 is 5.97 Å². The van der Waals surface area contributed by atoms with Gasteiger partial charge in [-0.05, 0) is 39.4 Å². The molecule has 2 rings (SSSR count). The van der Waals surface area contributed by atoms with Crippen molar-refractivity contribution in [1.29, 1.82) is 0 Å². The van der Waals surface area contributed by atoms with Crippen LogP contribution >= 0.6 is 0 Å². The van der Waals surface area contributed by atoms with Crippen LogP contribution in [0.15, 0.2) is 0 Å². The van der Waals surface area contributed by atoms with Gasteiger partial charge in [-0.3, -0.25) is 9.69 Å². The first-order valence-corrected chi connectivity index (χ1v) is 6.55. The second-order valence-corrected chi connectivity index (χ2v) is 5.29. The first-order valence-electron chi connectivity index (χ1n) is 6.55. The van der Waals surface area contributed by atoms with Crippen molar-refractivity contribution in [3.05, 3.63) is 0 Å². The zero-order chi connectivity index (χ0) is 12.3. The van der Waals surface area contributed by atoms with E-state index in [0.717, 1.165) is 45.4 Å². The fourth-order valence-corrected chi connectivity index (χ4v) is 2.28. The number of hydrogen-bond acceptors (Lipinski definition) is 4. The molecule has 0 aromatic carbocycles. The predicted molar refractivity (Wildman–Crippen MR) is 66.1 cm³/mol. The van der Waals surface area contributed by atoms with Crippen LogP contribution in [0.3, 0.4) is 0 Å². The minimum absolute atomic E-state index is 0.397. The smallest absolute Gasteiger partial charge is 0.322 e. The number of hydrogen-bond donors (Lipinski definition) is 2. The normalized spacial score (nSPS) is 25.5. The molecule has 1 aliphatic carbocycles. The van der Waals surface area contributed by atoms with Crippen molar-refractivity contribution in [1.82, 2.24) is 15.1 Å². The molecule has 1 unspecified atom stereocenters. The molecule has 0 aromatic rings. The van der Waals surface area contributed by atoms with Crippen LogP contribution in [0.2, 0.25) is 0 Å². The van der Waals surface area contributed by atoms with Gasteiger partial charge in [-0.15, -0.1) is 0 Å². The molecular weight excluding hydrogens is 218 g/mol. The van der Waals surface area contributed by atoms with Crippen molar-refractivity contribution in [3.63, 3.8) is 0 Å². The van der Waals surface area contributed by atoms with E-state index in [0.29, 0.717) is 12.6 Å². The molecule has 0 radical (unpaired) electrons. The number of nitrogens with one attached hydrogen (secondary N) is 1. The molecule has 17 heavy (non-hydrogen) atoms. The van der Waals surface area contributed by atoms with Gasteiger partial charge in [-0.2, -0.15) is 0 Å². The van der Waals surface area contributed by atoms with Crippen LogP contribution in [0, 0.1) is 0 Å². The lowest BCUT2D eigenvalue weighted by Gasteiger charge is -2.24. The molecule has 0 spiro atoms. The van der Waals surface area contributed by atoms with Crippen molar-refractivity contribution >= 4 is 5.97 Å². The molecule has 5 heteroatoms. The number of carboxylic acids is 1. The highest BCUT2D eigenvalue weighted by molar-refractivity contribution is 5.73. The van der Waals surface area contributed by atoms with Crippen LogP contribution in [0.5, 0.6) is 0 Å². The Hall–Kier alpha value is -0.650. The molecule has 1 heterocycles. The third-order valence-corrected chi connectivity index (χ3v) is 3.57. The Morgan fingerprint density at radius 2 is 2.12 bits per heavy atom. The molecule has 2 aliphatic rings. The number of carbonyl (C=O) groups is 1. The topological polar surface area (TPSA) is 55.8 Å². The molecule has 2 N–H and O–H groups in total. The Morgan fingerprint density at radius 1 is 1.35 bits per heavy atom. The van der Waals surface area contributed by atoms with E-state index in [1.54, 1.807) is 0 Å². The maximum Gasteiger partial charge on any atom is 0.322 e. The summed E-state index contributed by atoms with van der Waals surface area (Å²) in [4.78, 5) is 15.8. The quantitative estimate of drug-likeness (QED) is 0.700. The average molecular weight is 241 g/mol. The highest BCUT2D eigenvalue weighted by Gasteiger charge is 2.29. The minimum atomic E-state index is -0.713. The Kier molecular flexibility index (Phi) is 4.36. The molecule has 2 fully saturated rings. The van der Waals surface area contributed by atoms with E-state index >= 15 is 0 Å². The summed E-state index contributed by atoms with van der Waals surface area (Å²) in [7, 11) is 2.13. The summed E-state index contributed by atoms with van der Waals surface area (Å²) >= 11 is 0. The average Bonchev–Trinajstić information content (AvgIpc) is 3.07. The van der Waals surface area contributed by atoms with E-state index < -0.39 is 12.0 Å². The van der Waals surface area contributed by atoms with Crippen LogP contribution in [-0.2, 0) is 4.79 Å². The van der Waals surface area contributed by atoms with E-state index in [1.807, 2.05) is 0 Å². The summed E-state index contributed by atoms with van der Waals surface area (Å²) < 4.78 is 0. The molecule has 1 saturated carbocycles. The molecule has 0 amide bonds. The second kappa shape index (κ2) is 5.80. The van der Waals surface area contributed by atoms with Gasteiger partial charge in [0.2, 0.25) is 0 Å². The van der Waals surface area contributed by atoms with E-state index in [2.05, 4.69) is 22.2 Å². The van der Waals surface area contributed by atoms with Gasteiger partial charge < -0.3 is 15.3 Å². The predicted octanol–water partition coefficient (Wildman–Crippen LogP) is -0.171. The molecule has 98 valence electrons.